The number of aromatic nitrogens is 1. The van der Waals surface area contributed by atoms with E-state index in [1.165, 1.54) is 35.9 Å². The van der Waals surface area contributed by atoms with Crippen LogP contribution < -0.4 is 0 Å². The van der Waals surface area contributed by atoms with Gasteiger partial charge in [0.05, 0.1) is 23.9 Å². The highest BCUT2D eigenvalue weighted by Gasteiger charge is 2.34. The standard InChI is InChI=1S/C15H14F3NO2/c1-9-8-11(14(20)21-3)10(2)19(9)13-7-5-4-6-12(13)15(16,17)18/h4-8H,1-3H3. The van der Waals surface area contributed by atoms with Crippen LogP contribution in [0, 0.1) is 13.8 Å². The highest BCUT2D eigenvalue weighted by molar-refractivity contribution is 5.91. The van der Waals surface area contributed by atoms with Crippen molar-refractivity contribution in [3.63, 3.8) is 0 Å². The molecule has 0 unspecified atom stereocenters. The van der Waals surface area contributed by atoms with Gasteiger partial charge in [-0.25, -0.2) is 4.79 Å². The minimum absolute atomic E-state index is 0.00449. The van der Waals surface area contributed by atoms with Gasteiger partial charge in [-0.3, -0.25) is 0 Å². The highest BCUT2D eigenvalue weighted by atomic mass is 19.4. The highest BCUT2D eigenvalue weighted by Crippen LogP contribution is 2.35. The van der Waals surface area contributed by atoms with Crippen LogP contribution in [0.15, 0.2) is 30.3 Å². The first-order chi connectivity index (χ1) is 9.77. The lowest BCUT2D eigenvalue weighted by Crippen LogP contribution is -2.12. The number of benzene rings is 1. The zero-order chi connectivity index (χ0) is 15.8. The van der Waals surface area contributed by atoms with Crippen LogP contribution in [0.4, 0.5) is 13.2 Å². The molecule has 0 fully saturated rings. The predicted molar refractivity (Wildman–Crippen MR) is 71.6 cm³/mol. The molecule has 0 N–H and O–H groups in total. The Morgan fingerprint density at radius 1 is 1.19 bits per heavy atom. The molecule has 3 nitrogen and oxygen atoms in total. The topological polar surface area (TPSA) is 31.2 Å². The molecule has 0 bridgehead atoms. The largest absolute Gasteiger partial charge is 0.465 e. The Bertz CT molecular complexity index is 687. The quantitative estimate of drug-likeness (QED) is 0.787. The van der Waals surface area contributed by atoms with Gasteiger partial charge in [0, 0.05) is 11.4 Å². The Labute approximate surface area is 120 Å². The molecule has 0 spiro atoms. The van der Waals surface area contributed by atoms with Crippen LogP contribution in [0.3, 0.4) is 0 Å². The first-order valence-electron chi connectivity index (χ1n) is 6.21. The third-order valence-electron chi connectivity index (χ3n) is 3.29. The average Bonchev–Trinajstić information content (AvgIpc) is 2.72. The van der Waals surface area contributed by atoms with Crippen LogP contribution in [0.5, 0.6) is 0 Å². The van der Waals surface area contributed by atoms with E-state index in [0.717, 1.165) is 6.07 Å². The number of aryl methyl sites for hydroxylation is 1. The summed E-state index contributed by atoms with van der Waals surface area (Å²) in [5.74, 6) is -0.571. The molecule has 1 aromatic carbocycles. The number of alkyl halides is 3. The van der Waals surface area contributed by atoms with E-state index in [0.29, 0.717) is 11.4 Å². The van der Waals surface area contributed by atoms with Gasteiger partial charge in [-0.15, -0.1) is 0 Å². The van der Waals surface area contributed by atoms with E-state index in [1.54, 1.807) is 13.8 Å². The molecule has 2 aromatic rings. The molecule has 0 aliphatic heterocycles. The summed E-state index contributed by atoms with van der Waals surface area (Å²) in [5.41, 5.74) is 0.450. The van der Waals surface area contributed by atoms with Crippen LogP contribution in [0.1, 0.15) is 27.3 Å². The monoisotopic (exact) mass is 297 g/mol. The van der Waals surface area contributed by atoms with Crippen LogP contribution in [-0.4, -0.2) is 17.6 Å². The lowest BCUT2D eigenvalue weighted by atomic mass is 10.1. The molecule has 112 valence electrons. The van der Waals surface area contributed by atoms with E-state index in [-0.39, 0.29) is 11.3 Å². The first kappa shape index (κ1) is 15.2. The Morgan fingerprint density at radius 2 is 1.81 bits per heavy atom. The van der Waals surface area contributed by atoms with Crippen molar-refractivity contribution in [1.82, 2.24) is 4.57 Å². The number of carbonyl (C=O) groups is 1. The minimum atomic E-state index is -4.47. The van der Waals surface area contributed by atoms with Crippen molar-refractivity contribution < 1.29 is 22.7 Å². The molecule has 0 saturated carbocycles. The number of rotatable bonds is 2. The van der Waals surface area contributed by atoms with E-state index >= 15 is 0 Å². The number of methoxy groups -OCH3 is 1. The van der Waals surface area contributed by atoms with E-state index in [1.807, 2.05) is 0 Å². The summed E-state index contributed by atoms with van der Waals surface area (Å²) < 4.78 is 45.4. The average molecular weight is 297 g/mol. The summed E-state index contributed by atoms with van der Waals surface area (Å²) in [6, 6.07) is 6.78. The summed E-state index contributed by atoms with van der Waals surface area (Å²) in [5, 5.41) is 0. The number of hydrogen-bond donors (Lipinski definition) is 0. The molecular weight excluding hydrogens is 283 g/mol. The van der Waals surface area contributed by atoms with Crippen LogP contribution in [-0.2, 0) is 10.9 Å². The summed E-state index contributed by atoms with van der Waals surface area (Å²) in [6.07, 6.45) is -4.47. The van der Waals surface area contributed by atoms with E-state index in [9.17, 15) is 18.0 Å². The second-order valence-corrected chi connectivity index (χ2v) is 4.63. The van der Waals surface area contributed by atoms with Gasteiger partial charge in [0.25, 0.3) is 0 Å². The van der Waals surface area contributed by atoms with Crippen molar-refractivity contribution >= 4 is 5.97 Å². The smallest absolute Gasteiger partial charge is 0.418 e. The van der Waals surface area contributed by atoms with Crippen LogP contribution in [0.25, 0.3) is 5.69 Å². The maximum Gasteiger partial charge on any atom is 0.418 e. The summed E-state index contributed by atoms with van der Waals surface area (Å²) in [6.45, 7) is 3.24. The van der Waals surface area contributed by atoms with Gasteiger partial charge in [-0.05, 0) is 32.0 Å². The fraction of sp³-hybridized carbons (Fsp3) is 0.267. The van der Waals surface area contributed by atoms with Gasteiger partial charge >= 0.3 is 12.1 Å². The van der Waals surface area contributed by atoms with Gasteiger partial charge in [0.15, 0.2) is 0 Å². The van der Waals surface area contributed by atoms with Crippen molar-refractivity contribution in [2.24, 2.45) is 0 Å². The summed E-state index contributed by atoms with van der Waals surface area (Å²) >= 11 is 0. The van der Waals surface area contributed by atoms with Gasteiger partial charge in [-0.1, -0.05) is 12.1 Å². The zero-order valence-electron chi connectivity index (χ0n) is 11.8. The molecule has 0 amide bonds. The molecule has 0 saturated heterocycles. The molecule has 6 heteroatoms. The van der Waals surface area contributed by atoms with Crippen molar-refractivity contribution in [2.75, 3.05) is 7.11 Å². The predicted octanol–water partition coefficient (Wildman–Crippen LogP) is 3.90. The number of para-hydroxylation sites is 1. The molecule has 2 rings (SSSR count). The van der Waals surface area contributed by atoms with Crippen LogP contribution in [0.2, 0.25) is 0 Å². The number of esters is 1. The summed E-state index contributed by atoms with van der Waals surface area (Å²) in [4.78, 5) is 11.7. The first-order valence-corrected chi connectivity index (χ1v) is 6.21. The van der Waals surface area contributed by atoms with Gasteiger partial charge in [0.2, 0.25) is 0 Å². The maximum absolute atomic E-state index is 13.1. The van der Waals surface area contributed by atoms with Crippen molar-refractivity contribution in [3.05, 3.63) is 52.8 Å². The third kappa shape index (κ3) is 2.66. The molecule has 0 aliphatic carbocycles. The van der Waals surface area contributed by atoms with E-state index in [2.05, 4.69) is 4.74 Å². The Morgan fingerprint density at radius 3 is 2.38 bits per heavy atom. The molecule has 1 heterocycles. The number of carbonyl (C=O) groups excluding carboxylic acids is 1. The second-order valence-electron chi connectivity index (χ2n) is 4.63. The molecular formula is C15H14F3NO2. The molecule has 1 aromatic heterocycles. The second kappa shape index (κ2) is 5.27. The van der Waals surface area contributed by atoms with Crippen molar-refractivity contribution in [1.29, 1.82) is 0 Å². The Hall–Kier alpha value is -2.24. The fourth-order valence-corrected chi connectivity index (χ4v) is 2.36. The normalized spacial score (nSPS) is 11.5. The van der Waals surface area contributed by atoms with E-state index in [4.69, 9.17) is 0 Å². The third-order valence-corrected chi connectivity index (χ3v) is 3.29. The summed E-state index contributed by atoms with van der Waals surface area (Å²) in [7, 11) is 1.23. The van der Waals surface area contributed by atoms with Crippen LogP contribution >= 0.6 is 0 Å². The number of nitrogens with zero attached hydrogens (tertiary/aromatic N) is 1. The Balaban J connectivity index is 2.69. The number of halogens is 3. The van der Waals surface area contributed by atoms with Gasteiger partial charge in [-0.2, -0.15) is 13.2 Å². The fourth-order valence-electron chi connectivity index (χ4n) is 2.36. The lowest BCUT2D eigenvalue weighted by molar-refractivity contribution is -0.137. The van der Waals surface area contributed by atoms with E-state index < -0.39 is 17.7 Å². The van der Waals surface area contributed by atoms with Crippen molar-refractivity contribution in [2.45, 2.75) is 20.0 Å². The number of ether oxygens (including phenoxy) is 1. The van der Waals surface area contributed by atoms with Crippen molar-refractivity contribution in [3.8, 4) is 5.69 Å². The molecule has 0 atom stereocenters. The lowest BCUT2D eigenvalue weighted by Gasteiger charge is -2.16. The minimum Gasteiger partial charge on any atom is -0.465 e. The molecule has 0 radical (unpaired) electrons. The number of hydrogen-bond acceptors (Lipinski definition) is 2. The molecule has 0 aliphatic rings. The van der Waals surface area contributed by atoms with Gasteiger partial charge < -0.3 is 9.30 Å². The Kier molecular flexibility index (Phi) is 3.80. The molecule has 21 heavy (non-hydrogen) atoms. The SMILES string of the molecule is COC(=O)c1cc(C)n(-c2ccccc2C(F)(F)F)c1C. The maximum atomic E-state index is 13.1. The van der Waals surface area contributed by atoms with Gasteiger partial charge in [0.1, 0.15) is 0 Å². The zero-order valence-corrected chi connectivity index (χ0v) is 11.8.